The van der Waals surface area contributed by atoms with E-state index in [1.165, 1.54) is 6.92 Å². The van der Waals surface area contributed by atoms with Gasteiger partial charge in [-0.3, -0.25) is 4.21 Å². The number of carbonyl (C=O) groups excluding carboxylic acids is 1. The summed E-state index contributed by atoms with van der Waals surface area (Å²) in [4.78, 5) is 8.21. The van der Waals surface area contributed by atoms with Crippen LogP contribution in [0.25, 0.3) is 0 Å². The number of hydrogen-bond acceptors (Lipinski definition) is 5. The van der Waals surface area contributed by atoms with Gasteiger partial charge in [0.2, 0.25) is 4.93 Å². The largest absolute Gasteiger partial charge is 1.00 e. The number of rotatable bonds is 3. The molecule has 0 aliphatic rings. The van der Waals surface area contributed by atoms with Crippen molar-refractivity contribution in [1.82, 2.24) is 0 Å². The van der Waals surface area contributed by atoms with Gasteiger partial charge in [0.25, 0.3) is 0 Å². The first-order valence-electron chi connectivity index (χ1n) is 2.92. The molecule has 0 aromatic heterocycles. The molecule has 0 spiro atoms. The van der Waals surface area contributed by atoms with Crippen molar-refractivity contribution in [3.05, 3.63) is 0 Å². The van der Waals surface area contributed by atoms with Crippen LogP contribution in [0, 0.1) is 0 Å². The van der Waals surface area contributed by atoms with Crippen molar-refractivity contribution in [1.29, 1.82) is 0 Å². The number of ether oxygens (including phenoxy) is 1. The Hall–Kier alpha value is 0.540. The molecule has 12 heavy (non-hydrogen) atoms. The van der Waals surface area contributed by atoms with Crippen LogP contribution in [0.2, 0.25) is 0 Å². The summed E-state index contributed by atoms with van der Waals surface area (Å²) in [6, 6.07) is 0. The fourth-order valence-electron chi connectivity index (χ4n) is 0.333. The van der Waals surface area contributed by atoms with Crippen LogP contribution in [0.4, 0.5) is 0 Å². The Balaban J connectivity index is 0. The molecule has 0 heterocycles. The van der Waals surface area contributed by atoms with Crippen LogP contribution in [0.5, 0.6) is 0 Å². The molecule has 0 rings (SSSR count). The summed E-state index contributed by atoms with van der Waals surface area (Å²) in [6.07, 6.45) is 0. The first-order chi connectivity index (χ1) is 4.92. The van der Waals surface area contributed by atoms with Gasteiger partial charge in [0, 0.05) is 0 Å². The maximum Gasteiger partial charge on any atom is 1.00 e. The molecule has 0 bridgehead atoms. The minimum absolute atomic E-state index is 0. The number of esters is 1. The van der Waals surface area contributed by atoms with E-state index in [0.717, 1.165) is 6.92 Å². The van der Waals surface area contributed by atoms with Crippen molar-refractivity contribution in [2.45, 2.75) is 18.8 Å². The average Bonchev–Trinajstić information content (AvgIpc) is 1.88. The SMILES string of the molecule is CCOC(=O)C(C)(O)S(=O)[O-].[Na+]. The molecule has 2 atom stereocenters. The van der Waals surface area contributed by atoms with Crippen LogP contribution < -0.4 is 29.6 Å². The minimum Gasteiger partial charge on any atom is -0.770 e. The molecule has 0 aromatic carbocycles. The Morgan fingerprint density at radius 2 is 2.17 bits per heavy atom. The maximum absolute atomic E-state index is 10.6. The zero-order valence-corrected chi connectivity index (χ0v) is 10.0. The molecule has 0 saturated heterocycles. The molecule has 2 unspecified atom stereocenters. The van der Waals surface area contributed by atoms with Crippen LogP contribution in [0.3, 0.4) is 0 Å². The van der Waals surface area contributed by atoms with Crippen LogP contribution in [0.15, 0.2) is 0 Å². The summed E-state index contributed by atoms with van der Waals surface area (Å²) in [5, 5.41) is 8.90. The van der Waals surface area contributed by atoms with Gasteiger partial charge < -0.3 is 14.4 Å². The van der Waals surface area contributed by atoms with Gasteiger partial charge in [-0.1, -0.05) is 0 Å². The Morgan fingerprint density at radius 1 is 1.75 bits per heavy atom. The molecule has 0 aliphatic carbocycles. The van der Waals surface area contributed by atoms with Crippen LogP contribution in [-0.2, 0) is 20.6 Å². The maximum atomic E-state index is 10.6. The Bertz CT molecular complexity index is 181. The molecule has 0 fully saturated rings. The molecule has 5 nitrogen and oxygen atoms in total. The molecule has 0 aliphatic heterocycles. The third kappa shape index (κ3) is 3.97. The summed E-state index contributed by atoms with van der Waals surface area (Å²) < 4.78 is 24.7. The third-order valence-corrected chi connectivity index (χ3v) is 1.79. The van der Waals surface area contributed by atoms with Crippen LogP contribution >= 0.6 is 0 Å². The van der Waals surface area contributed by atoms with E-state index in [2.05, 4.69) is 4.74 Å². The van der Waals surface area contributed by atoms with E-state index in [-0.39, 0.29) is 36.2 Å². The van der Waals surface area contributed by atoms with E-state index < -0.39 is 22.0 Å². The van der Waals surface area contributed by atoms with Gasteiger partial charge in [0.1, 0.15) is 0 Å². The van der Waals surface area contributed by atoms with Crippen molar-refractivity contribution in [2.75, 3.05) is 6.61 Å². The van der Waals surface area contributed by atoms with Gasteiger partial charge in [-0.25, -0.2) is 4.79 Å². The van der Waals surface area contributed by atoms with E-state index in [1.54, 1.807) is 0 Å². The van der Waals surface area contributed by atoms with Gasteiger partial charge in [-0.15, -0.1) is 0 Å². The topological polar surface area (TPSA) is 86.7 Å². The fourth-order valence-corrected chi connectivity index (χ4v) is 0.528. The first kappa shape index (κ1) is 15.0. The van der Waals surface area contributed by atoms with Crippen LogP contribution in [-0.4, -0.2) is 31.4 Å². The monoisotopic (exact) mass is 204 g/mol. The summed E-state index contributed by atoms with van der Waals surface area (Å²) >= 11 is -2.88. The van der Waals surface area contributed by atoms with Gasteiger partial charge in [-0.2, -0.15) is 0 Å². The summed E-state index contributed by atoms with van der Waals surface area (Å²) in [5.74, 6) is -1.16. The van der Waals surface area contributed by atoms with E-state index in [1.807, 2.05) is 0 Å². The fraction of sp³-hybridized carbons (Fsp3) is 0.800. The molecule has 0 amide bonds. The van der Waals surface area contributed by atoms with Crippen molar-refractivity contribution in [3.8, 4) is 0 Å². The van der Waals surface area contributed by atoms with Gasteiger partial charge in [-0.05, 0) is 24.9 Å². The van der Waals surface area contributed by atoms with E-state index in [9.17, 15) is 13.6 Å². The molecule has 0 aromatic rings. The zero-order chi connectivity index (χ0) is 9.07. The van der Waals surface area contributed by atoms with Crippen molar-refractivity contribution in [3.63, 3.8) is 0 Å². The first-order valence-corrected chi connectivity index (χ1v) is 3.99. The predicted molar refractivity (Wildman–Crippen MR) is 36.2 cm³/mol. The van der Waals surface area contributed by atoms with E-state index >= 15 is 0 Å². The second kappa shape index (κ2) is 6.06. The van der Waals surface area contributed by atoms with Crippen molar-refractivity contribution < 1.29 is 53.0 Å². The molecular formula is C5H9NaO5S. The van der Waals surface area contributed by atoms with Crippen molar-refractivity contribution >= 4 is 17.0 Å². The number of carbonyl (C=O) groups is 1. The minimum atomic E-state index is -2.88. The van der Waals surface area contributed by atoms with Gasteiger partial charge in [0.15, 0.2) is 0 Å². The van der Waals surface area contributed by atoms with Gasteiger partial charge >= 0.3 is 35.5 Å². The molecule has 0 saturated carbocycles. The number of aliphatic hydroxyl groups is 1. The standard InChI is InChI=1S/C5H10O5S.Na/c1-3-10-4(6)5(2,7)11(8)9;/h7H,3H2,1-2H3,(H,8,9);/q;+1/p-1. The van der Waals surface area contributed by atoms with Crippen LogP contribution in [0.1, 0.15) is 13.8 Å². The summed E-state index contributed by atoms with van der Waals surface area (Å²) in [5.41, 5.74) is 0. The molecule has 0 radical (unpaired) electrons. The second-order valence-electron chi connectivity index (χ2n) is 1.94. The van der Waals surface area contributed by atoms with Crippen molar-refractivity contribution in [2.24, 2.45) is 0 Å². The molecule has 7 heteroatoms. The molecule has 1 N–H and O–H groups in total. The average molecular weight is 204 g/mol. The molecule has 66 valence electrons. The summed E-state index contributed by atoms with van der Waals surface area (Å²) in [7, 11) is 0. The second-order valence-corrected chi connectivity index (χ2v) is 3.20. The van der Waals surface area contributed by atoms with E-state index in [4.69, 9.17) is 5.11 Å². The quantitative estimate of drug-likeness (QED) is 0.289. The number of hydrogen-bond donors (Lipinski definition) is 1. The third-order valence-electron chi connectivity index (χ3n) is 0.979. The zero-order valence-electron chi connectivity index (χ0n) is 7.20. The normalized spacial score (nSPS) is 17.0. The van der Waals surface area contributed by atoms with Gasteiger partial charge in [0.05, 0.1) is 6.61 Å². The Kier molecular flexibility index (Phi) is 7.60. The van der Waals surface area contributed by atoms with E-state index in [0.29, 0.717) is 0 Å². The Morgan fingerprint density at radius 3 is 2.42 bits per heavy atom. The predicted octanol–water partition coefficient (Wildman–Crippen LogP) is -3.86. The smallest absolute Gasteiger partial charge is 0.770 e. The molecular weight excluding hydrogens is 195 g/mol. The Labute approximate surface area is 95.1 Å². The summed E-state index contributed by atoms with van der Waals surface area (Å²) in [6.45, 7) is 2.40.